The lowest BCUT2D eigenvalue weighted by atomic mass is 10.1. The molecule has 3 nitrogen and oxygen atoms in total. The molecule has 0 atom stereocenters. The molecule has 0 radical (unpaired) electrons. The molecule has 1 aromatic heterocycles. The first-order valence-electron chi connectivity index (χ1n) is 6.39. The van der Waals surface area contributed by atoms with Gasteiger partial charge in [-0.2, -0.15) is 5.10 Å². The van der Waals surface area contributed by atoms with Gasteiger partial charge in [0.15, 0.2) is 0 Å². The lowest BCUT2D eigenvalue weighted by molar-refractivity contribution is 0.506. The molecule has 3 heteroatoms. The molecule has 1 rings (SSSR count). The van der Waals surface area contributed by atoms with Gasteiger partial charge in [0.1, 0.15) is 0 Å². The van der Waals surface area contributed by atoms with Gasteiger partial charge in [0, 0.05) is 11.7 Å². The van der Waals surface area contributed by atoms with Crippen LogP contribution in [-0.2, 0) is 19.3 Å². The highest BCUT2D eigenvalue weighted by Crippen LogP contribution is 2.20. The maximum absolute atomic E-state index is 4.74. The van der Waals surface area contributed by atoms with E-state index < -0.39 is 0 Å². The van der Waals surface area contributed by atoms with E-state index in [9.17, 15) is 0 Å². The van der Waals surface area contributed by atoms with Crippen molar-refractivity contribution in [3.63, 3.8) is 0 Å². The first kappa shape index (κ1) is 13.2. The van der Waals surface area contributed by atoms with Gasteiger partial charge in [0.25, 0.3) is 0 Å². The molecule has 0 aromatic carbocycles. The lowest BCUT2D eigenvalue weighted by Crippen LogP contribution is -2.13. The van der Waals surface area contributed by atoms with E-state index in [2.05, 4.69) is 37.7 Å². The van der Waals surface area contributed by atoms with Crippen LogP contribution < -0.4 is 5.32 Å². The standard InChI is InChI=1S/C13H25N3/c1-6-12-11(8-9-14-5)13(7-2)16(15-12)10(3)4/h10,14H,6-9H2,1-5H3. The number of nitrogens with one attached hydrogen (secondary N) is 1. The fourth-order valence-corrected chi connectivity index (χ4v) is 2.18. The zero-order chi connectivity index (χ0) is 12.1. The fourth-order valence-electron chi connectivity index (χ4n) is 2.18. The van der Waals surface area contributed by atoms with Gasteiger partial charge >= 0.3 is 0 Å². The van der Waals surface area contributed by atoms with Crippen molar-refractivity contribution < 1.29 is 0 Å². The fraction of sp³-hybridized carbons (Fsp3) is 0.769. The summed E-state index contributed by atoms with van der Waals surface area (Å²) in [6.45, 7) is 9.85. The van der Waals surface area contributed by atoms with Crippen LogP contribution in [0.5, 0.6) is 0 Å². The molecule has 0 aliphatic carbocycles. The molecule has 0 fully saturated rings. The van der Waals surface area contributed by atoms with Crippen molar-refractivity contribution >= 4 is 0 Å². The van der Waals surface area contributed by atoms with Crippen molar-refractivity contribution in [1.29, 1.82) is 0 Å². The van der Waals surface area contributed by atoms with Gasteiger partial charge in [0.2, 0.25) is 0 Å². The largest absolute Gasteiger partial charge is 0.319 e. The quantitative estimate of drug-likeness (QED) is 0.802. The molecule has 1 N–H and O–H groups in total. The number of aromatic nitrogens is 2. The molecular formula is C13H25N3. The lowest BCUT2D eigenvalue weighted by Gasteiger charge is -2.10. The predicted octanol–water partition coefficient (Wildman–Crippen LogP) is 2.35. The molecule has 0 spiro atoms. The summed E-state index contributed by atoms with van der Waals surface area (Å²) in [7, 11) is 2.00. The third kappa shape index (κ3) is 2.64. The summed E-state index contributed by atoms with van der Waals surface area (Å²) in [5.41, 5.74) is 4.16. The second kappa shape index (κ2) is 6.04. The smallest absolute Gasteiger partial charge is 0.0657 e. The molecule has 0 bridgehead atoms. The van der Waals surface area contributed by atoms with Crippen molar-refractivity contribution in [2.75, 3.05) is 13.6 Å². The molecular weight excluding hydrogens is 198 g/mol. The van der Waals surface area contributed by atoms with E-state index in [0.717, 1.165) is 25.8 Å². The molecule has 0 saturated carbocycles. The Bertz CT molecular complexity index is 326. The van der Waals surface area contributed by atoms with E-state index in [-0.39, 0.29) is 0 Å². The summed E-state index contributed by atoms with van der Waals surface area (Å²) in [6.07, 6.45) is 3.20. The number of rotatable bonds is 6. The van der Waals surface area contributed by atoms with Crippen LogP contribution in [0.2, 0.25) is 0 Å². The topological polar surface area (TPSA) is 29.9 Å². The number of hydrogen-bond acceptors (Lipinski definition) is 2. The van der Waals surface area contributed by atoms with Crippen LogP contribution >= 0.6 is 0 Å². The third-order valence-corrected chi connectivity index (χ3v) is 2.99. The van der Waals surface area contributed by atoms with Crippen molar-refractivity contribution in [1.82, 2.24) is 15.1 Å². The van der Waals surface area contributed by atoms with E-state index in [1.54, 1.807) is 0 Å². The van der Waals surface area contributed by atoms with E-state index in [1.807, 2.05) is 7.05 Å². The molecule has 92 valence electrons. The molecule has 0 aliphatic rings. The van der Waals surface area contributed by atoms with Crippen LogP contribution in [0.1, 0.15) is 50.7 Å². The Morgan fingerprint density at radius 2 is 1.94 bits per heavy atom. The summed E-state index contributed by atoms with van der Waals surface area (Å²) < 4.78 is 2.20. The Morgan fingerprint density at radius 1 is 1.25 bits per heavy atom. The number of likely N-dealkylation sites (N-methyl/N-ethyl adjacent to an activating group) is 1. The summed E-state index contributed by atoms with van der Waals surface area (Å²) in [4.78, 5) is 0. The first-order chi connectivity index (χ1) is 7.65. The predicted molar refractivity (Wildman–Crippen MR) is 69.0 cm³/mol. The SMILES string of the molecule is CCc1nn(C(C)C)c(CC)c1CCNC. The number of aryl methyl sites for hydroxylation is 1. The summed E-state index contributed by atoms with van der Waals surface area (Å²) in [6, 6.07) is 0.462. The maximum atomic E-state index is 4.74. The molecule has 1 aromatic rings. The molecule has 16 heavy (non-hydrogen) atoms. The van der Waals surface area contributed by atoms with E-state index >= 15 is 0 Å². The molecule has 0 unspecified atom stereocenters. The van der Waals surface area contributed by atoms with Crippen LogP contribution in [-0.4, -0.2) is 23.4 Å². The van der Waals surface area contributed by atoms with Crippen molar-refractivity contribution in [3.05, 3.63) is 17.0 Å². The summed E-state index contributed by atoms with van der Waals surface area (Å²) in [5, 5.41) is 7.96. The minimum absolute atomic E-state index is 0.462. The minimum Gasteiger partial charge on any atom is -0.319 e. The molecule has 0 saturated heterocycles. The third-order valence-electron chi connectivity index (χ3n) is 2.99. The van der Waals surface area contributed by atoms with Crippen LogP contribution in [0.4, 0.5) is 0 Å². The zero-order valence-corrected chi connectivity index (χ0v) is 11.3. The Hall–Kier alpha value is -0.830. The average molecular weight is 223 g/mol. The Labute approximate surface area is 99.2 Å². The highest BCUT2D eigenvalue weighted by atomic mass is 15.3. The van der Waals surface area contributed by atoms with Gasteiger partial charge in [-0.25, -0.2) is 0 Å². The van der Waals surface area contributed by atoms with Crippen molar-refractivity contribution in [2.45, 2.75) is 53.0 Å². The molecule has 0 amide bonds. The first-order valence-corrected chi connectivity index (χ1v) is 6.39. The van der Waals surface area contributed by atoms with Crippen molar-refractivity contribution in [2.24, 2.45) is 0 Å². The van der Waals surface area contributed by atoms with Gasteiger partial charge in [-0.15, -0.1) is 0 Å². The Balaban J connectivity index is 3.09. The number of nitrogens with zero attached hydrogens (tertiary/aromatic N) is 2. The van der Waals surface area contributed by atoms with E-state index in [1.165, 1.54) is 17.0 Å². The highest BCUT2D eigenvalue weighted by molar-refractivity contribution is 5.27. The van der Waals surface area contributed by atoms with Crippen LogP contribution in [0.25, 0.3) is 0 Å². The highest BCUT2D eigenvalue weighted by Gasteiger charge is 2.16. The Kier molecular flexibility index (Phi) is 5.00. The second-order valence-corrected chi connectivity index (χ2v) is 4.47. The minimum atomic E-state index is 0.462. The average Bonchev–Trinajstić information content (AvgIpc) is 2.63. The number of hydrogen-bond donors (Lipinski definition) is 1. The molecule has 1 heterocycles. The van der Waals surface area contributed by atoms with Crippen molar-refractivity contribution in [3.8, 4) is 0 Å². The zero-order valence-electron chi connectivity index (χ0n) is 11.3. The van der Waals surface area contributed by atoms with Gasteiger partial charge in [-0.1, -0.05) is 13.8 Å². The van der Waals surface area contributed by atoms with Gasteiger partial charge < -0.3 is 5.32 Å². The van der Waals surface area contributed by atoms with E-state index in [0.29, 0.717) is 6.04 Å². The van der Waals surface area contributed by atoms with Gasteiger partial charge in [-0.3, -0.25) is 4.68 Å². The van der Waals surface area contributed by atoms with Crippen LogP contribution in [0, 0.1) is 0 Å². The monoisotopic (exact) mass is 223 g/mol. The molecule has 0 aliphatic heterocycles. The van der Waals surface area contributed by atoms with Crippen LogP contribution in [0.15, 0.2) is 0 Å². The van der Waals surface area contributed by atoms with Gasteiger partial charge in [-0.05, 0) is 52.3 Å². The summed E-state index contributed by atoms with van der Waals surface area (Å²) in [5.74, 6) is 0. The summed E-state index contributed by atoms with van der Waals surface area (Å²) >= 11 is 0. The van der Waals surface area contributed by atoms with Gasteiger partial charge in [0.05, 0.1) is 5.69 Å². The van der Waals surface area contributed by atoms with E-state index in [4.69, 9.17) is 5.10 Å². The maximum Gasteiger partial charge on any atom is 0.0657 e. The normalized spacial score (nSPS) is 11.4. The second-order valence-electron chi connectivity index (χ2n) is 4.47. The Morgan fingerprint density at radius 3 is 2.38 bits per heavy atom. The van der Waals surface area contributed by atoms with Crippen LogP contribution in [0.3, 0.4) is 0 Å².